The molecule has 1 atom stereocenters. The SMILES string of the molecule is CC#CC(CCn1c2ccccc2c2cc(-c3ccc(N(c4ccc(OC)cc4)c4ccc(OC)cc4)cc3)ccc21)S(=O)(=O)[O-].[Na+]. The van der Waals surface area contributed by atoms with Gasteiger partial charge in [-0.1, -0.05) is 42.3 Å². The number of rotatable bonds is 10. The van der Waals surface area contributed by atoms with Crippen molar-refractivity contribution in [1.29, 1.82) is 0 Å². The van der Waals surface area contributed by atoms with Crippen LogP contribution in [0.15, 0.2) is 115 Å². The van der Waals surface area contributed by atoms with Crippen LogP contribution < -0.4 is 43.9 Å². The van der Waals surface area contributed by atoms with E-state index in [9.17, 15) is 13.0 Å². The van der Waals surface area contributed by atoms with Gasteiger partial charge in [-0.05, 0) is 103 Å². The number of aromatic nitrogens is 1. The van der Waals surface area contributed by atoms with Crippen molar-refractivity contribution in [3.63, 3.8) is 0 Å². The number of aryl methyl sites for hydroxylation is 1. The van der Waals surface area contributed by atoms with Gasteiger partial charge in [0.15, 0.2) is 0 Å². The average Bonchev–Trinajstić information content (AvgIpc) is 3.40. The summed E-state index contributed by atoms with van der Waals surface area (Å²) < 4.78 is 48.3. The van der Waals surface area contributed by atoms with Crippen LogP contribution in [0.4, 0.5) is 17.1 Å². The molecule has 1 aromatic heterocycles. The van der Waals surface area contributed by atoms with Crippen molar-refractivity contribution in [1.82, 2.24) is 4.57 Å². The standard InChI is InChI=1S/C38H34N2O5S.Na/c1-4-7-34(46(41,42)43)24-25-39-37-9-6-5-8-35(37)36-26-28(12-23-38(36)39)27-10-13-29(14-11-27)40(30-15-19-32(44-2)20-16-30)31-17-21-33(45-3)22-18-31;/h5-6,8-23,26,34H,24-25H2,1-3H3,(H,41,42,43);/q;+1/p-1. The number of ether oxygens (including phenoxy) is 2. The van der Waals surface area contributed by atoms with Gasteiger partial charge in [-0.25, -0.2) is 8.42 Å². The van der Waals surface area contributed by atoms with Crippen LogP contribution in [-0.2, 0) is 16.7 Å². The molecule has 232 valence electrons. The van der Waals surface area contributed by atoms with Crippen molar-refractivity contribution in [2.75, 3.05) is 19.1 Å². The van der Waals surface area contributed by atoms with Crippen molar-refractivity contribution in [2.45, 2.75) is 25.1 Å². The first-order chi connectivity index (χ1) is 22.3. The Morgan fingerprint density at radius 1 is 0.723 bits per heavy atom. The normalized spacial score (nSPS) is 11.7. The van der Waals surface area contributed by atoms with Gasteiger partial charge in [0.2, 0.25) is 0 Å². The molecule has 1 heterocycles. The summed E-state index contributed by atoms with van der Waals surface area (Å²) in [6.45, 7) is 1.90. The third-order valence-corrected chi connectivity index (χ3v) is 9.21. The summed E-state index contributed by atoms with van der Waals surface area (Å²) in [4.78, 5) is 2.18. The topological polar surface area (TPSA) is 83.8 Å². The largest absolute Gasteiger partial charge is 1.00 e. The minimum Gasteiger partial charge on any atom is -0.747 e. The fraction of sp³-hybridized carbons (Fsp3) is 0.158. The van der Waals surface area contributed by atoms with Crippen molar-refractivity contribution >= 4 is 49.0 Å². The van der Waals surface area contributed by atoms with Crippen LogP contribution in [-0.4, -0.2) is 37.0 Å². The summed E-state index contributed by atoms with van der Waals surface area (Å²) in [6.07, 6.45) is 0.114. The molecule has 0 N–H and O–H groups in total. The molecule has 47 heavy (non-hydrogen) atoms. The van der Waals surface area contributed by atoms with E-state index in [-0.39, 0.29) is 36.0 Å². The molecule has 0 aliphatic rings. The third kappa shape index (κ3) is 7.20. The second-order valence-electron chi connectivity index (χ2n) is 10.8. The molecule has 0 fully saturated rings. The van der Waals surface area contributed by atoms with E-state index in [1.54, 1.807) is 21.1 Å². The van der Waals surface area contributed by atoms with Crippen molar-refractivity contribution in [3.05, 3.63) is 115 Å². The summed E-state index contributed by atoms with van der Waals surface area (Å²) in [7, 11) is -1.22. The van der Waals surface area contributed by atoms with E-state index >= 15 is 0 Å². The molecule has 5 aromatic carbocycles. The quantitative estimate of drug-likeness (QED) is 0.114. The molecule has 0 radical (unpaired) electrons. The first-order valence-electron chi connectivity index (χ1n) is 14.9. The number of methoxy groups -OCH3 is 2. The van der Waals surface area contributed by atoms with Crippen LogP contribution in [0.5, 0.6) is 11.5 Å². The zero-order valence-corrected chi connectivity index (χ0v) is 29.6. The van der Waals surface area contributed by atoms with Crippen LogP contribution in [0.2, 0.25) is 0 Å². The van der Waals surface area contributed by atoms with E-state index in [0.29, 0.717) is 6.54 Å². The number of anilines is 3. The molecule has 9 heteroatoms. The van der Waals surface area contributed by atoms with Gasteiger partial charge in [-0.2, -0.15) is 0 Å². The molecule has 0 saturated carbocycles. The molecule has 0 saturated heterocycles. The van der Waals surface area contributed by atoms with Gasteiger partial charge in [0, 0.05) is 45.4 Å². The maximum Gasteiger partial charge on any atom is 1.00 e. The molecule has 0 aliphatic carbocycles. The van der Waals surface area contributed by atoms with Gasteiger partial charge in [-0.3, -0.25) is 0 Å². The van der Waals surface area contributed by atoms with Gasteiger partial charge in [0.05, 0.1) is 14.2 Å². The summed E-state index contributed by atoms with van der Waals surface area (Å²) >= 11 is 0. The van der Waals surface area contributed by atoms with Crippen molar-refractivity contribution in [3.8, 4) is 34.5 Å². The third-order valence-electron chi connectivity index (χ3n) is 8.16. The Balaban J connectivity index is 0.00000433. The fourth-order valence-electron chi connectivity index (χ4n) is 5.88. The Labute approximate surface area is 297 Å². The maximum absolute atomic E-state index is 11.8. The summed E-state index contributed by atoms with van der Waals surface area (Å²) in [5.41, 5.74) is 7.04. The molecule has 1 unspecified atom stereocenters. The maximum atomic E-state index is 11.8. The number of fused-ring (bicyclic) bond motifs is 3. The number of hydrogen-bond acceptors (Lipinski definition) is 6. The summed E-state index contributed by atoms with van der Waals surface area (Å²) in [5.74, 6) is 6.74. The van der Waals surface area contributed by atoms with Crippen LogP contribution in [0.1, 0.15) is 13.3 Å². The number of nitrogens with zero attached hydrogens (tertiary/aromatic N) is 2. The Kier molecular flexibility index (Phi) is 10.7. The minimum atomic E-state index is -4.53. The Morgan fingerprint density at radius 2 is 1.23 bits per heavy atom. The van der Waals surface area contributed by atoms with E-state index in [4.69, 9.17) is 9.47 Å². The molecule has 0 aliphatic heterocycles. The summed E-state index contributed by atoms with van der Waals surface area (Å²) in [5, 5.41) is 0.865. The first kappa shape index (κ1) is 34.1. The second kappa shape index (κ2) is 14.7. The first-order valence-corrected chi connectivity index (χ1v) is 16.3. The van der Waals surface area contributed by atoms with E-state index < -0.39 is 15.4 Å². The average molecular weight is 653 g/mol. The summed E-state index contributed by atoms with van der Waals surface area (Å²) in [6, 6.07) is 38.7. The van der Waals surface area contributed by atoms with E-state index in [1.165, 1.54) is 0 Å². The molecule has 7 nitrogen and oxygen atoms in total. The molecule has 0 bridgehead atoms. The number of benzene rings is 5. The monoisotopic (exact) mass is 652 g/mol. The van der Waals surface area contributed by atoms with E-state index in [0.717, 1.165) is 61.5 Å². The number of para-hydroxylation sites is 1. The molecular weight excluding hydrogens is 619 g/mol. The predicted octanol–water partition coefficient (Wildman–Crippen LogP) is 5.28. The Bertz CT molecular complexity index is 2120. The van der Waals surface area contributed by atoms with E-state index in [1.807, 2.05) is 66.7 Å². The van der Waals surface area contributed by atoms with E-state index in [2.05, 4.69) is 69.8 Å². The molecule has 0 spiro atoms. The molecular formula is C38H33N2NaO5S. The zero-order valence-electron chi connectivity index (χ0n) is 26.8. The molecule has 6 rings (SSSR count). The molecule has 0 amide bonds. The number of hydrogen-bond donors (Lipinski definition) is 0. The van der Waals surface area contributed by atoms with Gasteiger partial charge >= 0.3 is 29.6 Å². The molecule has 6 aromatic rings. The van der Waals surface area contributed by atoms with Gasteiger partial charge < -0.3 is 23.5 Å². The van der Waals surface area contributed by atoms with Gasteiger partial charge in [0.1, 0.15) is 26.9 Å². The second-order valence-corrected chi connectivity index (χ2v) is 12.4. The van der Waals surface area contributed by atoms with Crippen molar-refractivity contribution < 1.29 is 52.0 Å². The van der Waals surface area contributed by atoms with Crippen LogP contribution in [0.25, 0.3) is 32.9 Å². The Hall–Kier alpha value is -4.23. The van der Waals surface area contributed by atoms with Crippen LogP contribution in [0, 0.1) is 11.8 Å². The van der Waals surface area contributed by atoms with Gasteiger partial charge in [0.25, 0.3) is 0 Å². The van der Waals surface area contributed by atoms with Crippen molar-refractivity contribution in [2.24, 2.45) is 0 Å². The Morgan fingerprint density at radius 3 is 1.77 bits per heavy atom. The van der Waals surface area contributed by atoms with Crippen LogP contribution >= 0.6 is 0 Å². The zero-order chi connectivity index (χ0) is 32.3. The smallest absolute Gasteiger partial charge is 0.747 e. The van der Waals surface area contributed by atoms with Gasteiger partial charge in [-0.15, -0.1) is 5.92 Å². The fourth-order valence-corrected chi connectivity index (χ4v) is 6.54. The minimum absolute atomic E-state index is 0. The predicted molar refractivity (Wildman–Crippen MR) is 184 cm³/mol. The van der Waals surface area contributed by atoms with Crippen LogP contribution in [0.3, 0.4) is 0 Å².